The van der Waals surface area contributed by atoms with Gasteiger partial charge in [-0.2, -0.15) is 0 Å². The van der Waals surface area contributed by atoms with Crippen LogP contribution in [-0.2, 0) is 0 Å². The Morgan fingerprint density at radius 1 is 1.25 bits per heavy atom. The SMILES string of the molecule is C=CC/C=C(\C)c1cccc(/C(=C/CC2=CC=CC2)C2=CC(NC)=C=C2C)c1. The van der Waals surface area contributed by atoms with Crippen molar-refractivity contribution >= 4 is 11.1 Å². The van der Waals surface area contributed by atoms with Gasteiger partial charge in [0.05, 0.1) is 5.70 Å². The fourth-order valence-electron chi connectivity index (χ4n) is 3.54. The summed E-state index contributed by atoms with van der Waals surface area (Å²) in [4.78, 5) is 0. The third kappa shape index (κ3) is 4.63. The van der Waals surface area contributed by atoms with E-state index < -0.39 is 0 Å². The summed E-state index contributed by atoms with van der Waals surface area (Å²) in [7, 11) is 1.95. The Hall–Kier alpha value is -3.02. The molecule has 0 fully saturated rings. The summed E-state index contributed by atoms with van der Waals surface area (Å²) in [5.41, 5.74) is 13.4. The molecule has 0 heterocycles. The summed E-state index contributed by atoms with van der Waals surface area (Å²) in [6.45, 7) is 8.13. The van der Waals surface area contributed by atoms with Crippen LogP contribution >= 0.6 is 0 Å². The molecule has 0 bridgehead atoms. The Balaban J connectivity index is 1.99. The van der Waals surface area contributed by atoms with Gasteiger partial charge in [0, 0.05) is 12.6 Å². The molecule has 142 valence electrons. The van der Waals surface area contributed by atoms with E-state index in [-0.39, 0.29) is 0 Å². The van der Waals surface area contributed by atoms with Crippen LogP contribution < -0.4 is 5.32 Å². The standard InChI is InChI=1S/C27H29N/c1-5-6-10-20(2)23-13-9-14-24(18-23)26(16-15-22-11-7-8-12-22)27-19-25(28-4)17-21(27)3/h5,7-11,13-14,16,18-19,28H,1,6,12,15H2,2-4H3/b20-10+,26-16-. The maximum atomic E-state index is 3.82. The molecule has 0 radical (unpaired) electrons. The summed E-state index contributed by atoms with van der Waals surface area (Å²) in [6, 6.07) is 8.85. The van der Waals surface area contributed by atoms with Gasteiger partial charge in [0.15, 0.2) is 0 Å². The van der Waals surface area contributed by atoms with Crippen molar-refractivity contribution in [1.82, 2.24) is 5.32 Å². The number of rotatable bonds is 8. The molecule has 0 unspecified atom stereocenters. The van der Waals surface area contributed by atoms with Crippen molar-refractivity contribution in [2.45, 2.75) is 33.1 Å². The van der Waals surface area contributed by atoms with Crippen LogP contribution in [0.5, 0.6) is 0 Å². The number of likely N-dealkylation sites (N-methyl/N-ethyl adjacent to an activating group) is 1. The molecule has 0 saturated carbocycles. The van der Waals surface area contributed by atoms with Gasteiger partial charge in [-0.25, -0.2) is 0 Å². The largest absolute Gasteiger partial charge is 0.382 e. The third-order valence-corrected chi connectivity index (χ3v) is 5.21. The van der Waals surface area contributed by atoms with Crippen molar-refractivity contribution in [3.8, 4) is 0 Å². The number of benzene rings is 1. The van der Waals surface area contributed by atoms with E-state index in [9.17, 15) is 0 Å². The van der Waals surface area contributed by atoms with Crippen molar-refractivity contribution in [1.29, 1.82) is 0 Å². The lowest BCUT2D eigenvalue weighted by atomic mass is 9.90. The second kappa shape index (κ2) is 9.26. The Morgan fingerprint density at radius 2 is 2.07 bits per heavy atom. The van der Waals surface area contributed by atoms with Gasteiger partial charge in [-0.05, 0) is 73.1 Å². The van der Waals surface area contributed by atoms with Crippen LogP contribution in [-0.4, -0.2) is 7.05 Å². The van der Waals surface area contributed by atoms with Gasteiger partial charge in [0.1, 0.15) is 0 Å². The molecule has 0 spiro atoms. The first-order valence-electron chi connectivity index (χ1n) is 9.93. The molecular weight excluding hydrogens is 338 g/mol. The van der Waals surface area contributed by atoms with Crippen molar-refractivity contribution in [2.24, 2.45) is 0 Å². The molecule has 0 saturated heterocycles. The Labute approximate surface area is 169 Å². The van der Waals surface area contributed by atoms with Crippen molar-refractivity contribution < 1.29 is 0 Å². The Kier molecular flexibility index (Phi) is 6.53. The van der Waals surface area contributed by atoms with E-state index in [0.29, 0.717) is 0 Å². The van der Waals surface area contributed by atoms with Crippen LogP contribution in [0.4, 0.5) is 0 Å². The fraction of sp³-hybridized carbons (Fsp3) is 0.222. The van der Waals surface area contributed by atoms with E-state index in [2.05, 4.69) is 92.2 Å². The lowest BCUT2D eigenvalue weighted by Gasteiger charge is -2.13. The Morgan fingerprint density at radius 3 is 2.75 bits per heavy atom. The van der Waals surface area contributed by atoms with Crippen LogP contribution in [0.2, 0.25) is 0 Å². The van der Waals surface area contributed by atoms with Gasteiger partial charge < -0.3 is 5.32 Å². The van der Waals surface area contributed by atoms with Crippen LogP contribution in [0.25, 0.3) is 11.1 Å². The van der Waals surface area contributed by atoms with Crippen molar-refractivity contribution in [3.05, 3.63) is 113 Å². The number of hydrogen-bond acceptors (Lipinski definition) is 1. The molecule has 1 aromatic rings. The average molecular weight is 368 g/mol. The van der Waals surface area contributed by atoms with E-state index in [4.69, 9.17) is 0 Å². The van der Waals surface area contributed by atoms with Crippen molar-refractivity contribution in [2.75, 3.05) is 7.05 Å². The molecule has 0 amide bonds. The molecule has 1 heteroatoms. The summed E-state index contributed by atoms with van der Waals surface area (Å²) in [5.74, 6) is 0. The minimum absolute atomic E-state index is 0.891. The lowest BCUT2D eigenvalue weighted by molar-refractivity contribution is 1.04. The van der Waals surface area contributed by atoms with Gasteiger partial charge in [-0.15, -0.1) is 6.58 Å². The maximum absolute atomic E-state index is 3.82. The lowest BCUT2D eigenvalue weighted by Crippen LogP contribution is -2.00. The molecule has 2 aliphatic rings. The minimum Gasteiger partial charge on any atom is -0.382 e. The molecular formula is C27H29N. The third-order valence-electron chi connectivity index (χ3n) is 5.21. The second-order valence-electron chi connectivity index (χ2n) is 7.24. The highest BCUT2D eigenvalue weighted by molar-refractivity contribution is 5.86. The quantitative estimate of drug-likeness (QED) is 0.388. The molecule has 1 aromatic carbocycles. The first kappa shape index (κ1) is 19.7. The van der Waals surface area contributed by atoms with Crippen LogP contribution in [0.1, 0.15) is 44.2 Å². The van der Waals surface area contributed by atoms with E-state index in [1.807, 2.05) is 13.1 Å². The number of hydrogen-bond donors (Lipinski definition) is 1. The second-order valence-corrected chi connectivity index (χ2v) is 7.24. The highest BCUT2D eigenvalue weighted by atomic mass is 14.8. The number of nitrogens with one attached hydrogen (secondary N) is 1. The topological polar surface area (TPSA) is 12.0 Å². The normalized spacial score (nSPS) is 16.5. The van der Waals surface area contributed by atoms with Crippen LogP contribution in [0, 0.1) is 0 Å². The van der Waals surface area contributed by atoms with Gasteiger partial charge in [-0.3, -0.25) is 0 Å². The van der Waals surface area contributed by atoms with Gasteiger partial charge in [0.25, 0.3) is 0 Å². The average Bonchev–Trinajstić information content (AvgIpc) is 3.36. The molecule has 2 aliphatic carbocycles. The van der Waals surface area contributed by atoms with E-state index in [1.54, 1.807) is 0 Å². The zero-order valence-electron chi connectivity index (χ0n) is 17.2. The molecule has 0 aliphatic heterocycles. The molecule has 0 atom stereocenters. The molecule has 1 N–H and O–H groups in total. The smallest absolute Gasteiger partial charge is 0.0780 e. The summed E-state index contributed by atoms with van der Waals surface area (Å²) in [5, 5.41) is 3.22. The minimum atomic E-state index is 0.891. The van der Waals surface area contributed by atoms with E-state index >= 15 is 0 Å². The predicted octanol–water partition coefficient (Wildman–Crippen LogP) is 6.91. The maximum Gasteiger partial charge on any atom is 0.0780 e. The molecule has 3 rings (SSSR count). The number of allylic oxidation sites excluding steroid dienone is 11. The zero-order chi connectivity index (χ0) is 19.9. The molecule has 1 nitrogen and oxygen atoms in total. The van der Waals surface area contributed by atoms with Gasteiger partial charge in [-0.1, -0.05) is 66.0 Å². The molecule has 28 heavy (non-hydrogen) atoms. The monoisotopic (exact) mass is 367 g/mol. The Bertz CT molecular complexity index is 983. The van der Waals surface area contributed by atoms with Crippen LogP contribution in [0.15, 0.2) is 102 Å². The van der Waals surface area contributed by atoms with E-state index in [1.165, 1.54) is 39.0 Å². The van der Waals surface area contributed by atoms with E-state index in [0.717, 1.165) is 25.0 Å². The summed E-state index contributed by atoms with van der Waals surface area (Å²) in [6.07, 6.45) is 18.3. The molecule has 0 aromatic heterocycles. The van der Waals surface area contributed by atoms with Gasteiger partial charge >= 0.3 is 0 Å². The summed E-state index contributed by atoms with van der Waals surface area (Å²) < 4.78 is 0. The zero-order valence-corrected chi connectivity index (χ0v) is 17.2. The fourth-order valence-corrected chi connectivity index (χ4v) is 3.54. The summed E-state index contributed by atoms with van der Waals surface area (Å²) >= 11 is 0. The first-order chi connectivity index (χ1) is 13.6. The highest BCUT2D eigenvalue weighted by Gasteiger charge is 2.15. The van der Waals surface area contributed by atoms with Crippen molar-refractivity contribution in [3.63, 3.8) is 0 Å². The first-order valence-corrected chi connectivity index (χ1v) is 9.93. The highest BCUT2D eigenvalue weighted by Crippen LogP contribution is 2.34. The van der Waals surface area contributed by atoms with Crippen LogP contribution in [0.3, 0.4) is 0 Å². The van der Waals surface area contributed by atoms with Gasteiger partial charge in [0.2, 0.25) is 0 Å². The predicted molar refractivity (Wildman–Crippen MR) is 123 cm³/mol.